The first-order chi connectivity index (χ1) is 18.4. The lowest BCUT2D eigenvalue weighted by molar-refractivity contribution is -0.136. The number of carbonyl (C=O) groups is 3. The van der Waals surface area contributed by atoms with Gasteiger partial charge < -0.3 is 20.1 Å². The number of carbonyl (C=O) groups excluding carboxylic acids is 3. The number of anilines is 2. The van der Waals surface area contributed by atoms with Gasteiger partial charge in [-0.15, -0.1) is 0 Å². The maximum Gasteiger partial charge on any atom is 0.329 e. The second-order valence-corrected chi connectivity index (χ2v) is 8.79. The predicted octanol–water partition coefficient (Wildman–Crippen LogP) is 4.87. The van der Waals surface area contributed by atoms with E-state index in [-0.39, 0.29) is 5.69 Å². The molecule has 11 heteroatoms. The molecule has 0 radical (unpaired) electrons. The van der Waals surface area contributed by atoms with Crippen molar-refractivity contribution in [1.82, 2.24) is 5.43 Å². The molecule has 0 heterocycles. The third-order valence-electron chi connectivity index (χ3n) is 4.94. The summed E-state index contributed by atoms with van der Waals surface area (Å²) in [6.45, 7) is 2.29. The number of rotatable bonds is 11. The average molecular weight is 585 g/mol. The quantitative estimate of drug-likeness (QED) is 0.128. The van der Waals surface area contributed by atoms with Crippen LogP contribution in [0.15, 0.2) is 76.3 Å². The molecule has 0 unspecified atom stereocenters. The molecular formula is C27H26BrFN4O5. The molecular weight excluding hydrogens is 559 g/mol. The van der Waals surface area contributed by atoms with Gasteiger partial charge in [0.2, 0.25) is 0 Å². The lowest BCUT2D eigenvalue weighted by Gasteiger charge is -2.10. The van der Waals surface area contributed by atoms with Crippen molar-refractivity contribution in [1.29, 1.82) is 0 Å². The van der Waals surface area contributed by atoms with E-state index in [9.17, 15) is 18.8 Å². The third kappa shape index (κ3) is 9.00. The molecule has 0 aliphatic carbocycles. The fraction of sp³-hybridized carbons (Fsp3) is 0.185. The van der Waals surface area contributed by atoms with Crippen molar-refractivity contribution in [3.05, 3.63) is 82.6 Å². The summed E-state index contributed by atoms with van der Waals surface area (Å²) >= 11 is 3.15. The van der Waals surface area contributed by atoms with Crippen LogP contribution in [0.3, 0.4) is 0 Å². The molecule has 3 aromatic rings. The Labute approximate surface area is 227 Å². The highest BCUT2D eigenvalue weighted by molar-refractivity contribution is 9.10. The topological polar surface area (TPSA) is 118 Å². The number of amides is 3. The summed E-state index contributed by atoms with van der Waals surface area (Å²) < 4.78 is 25.6. The molecule has 0 spiro atoms. The highest BCUT2D eigenvalue weighted by Gasteiger charge is 2.13. The van der Waals surface area contributed by atoms with Gasteiger partial charge in [0.25, 0.3) is 5.91 Å². The Morgan fingerprint density at radius 1 is 0.974 bits per heavy atom. The minimum atomic E-state index is -0.973. The van der Waals surface area contributed by atoms with Gasteiger partial charge in [-0.2, -0.15) is 5.10 Å². The van der Waals surface area contributed by atoms with Crippen LogP contribution in [-0.4, -0.2) is 37.1 Å². The molecule has 3 amide bonds. The first kappa shape index (κ1) is 28.3. The zero-order chi connectivity index (χ0) is 27.3. The van der Waals surface area contributed by atoms with E-state index in [1.54, 1.807) is 54.6 Å². The Hall–Kier alpha value is -4.25. The number of nitrogens with zero attached hydrogens (tertiary/aromatic N) is 1. The lowest BCUT2D eigenvalue weighted by atomic mass is 10.2. The van der Waals surface area contributed by atoms with Gasteiger partial charge >= 0.3 is 11.8 Å². The lowest BCUT2D eigenvalue weighted by Crippen LogP contribution is -2.32. The van der Waals surface area contributed by atoms with Gasteiger partial charge in [-0.25, -0.2) is 9.82 Å². The first-order valence-corrected chi connectivity index (χ1v) is 12.5. The molecule has 0 aliphatic rings. The van der Waals surface area contributed by atoms with Crippen molar-refractivity contribution in [2.45, 2.75) is 19.8 Å². The van der Waals surface area contributed by atoms with Crippen LogP contribution in [0.25, 0.3) is 0 Å². The summed E-state index contributed by atoms with van der Waals surface area (Å²) in [4.78, 5) is 36.5. The van der Waals surface area contributed by atoms with Crippen LogP contribution in [0.2, 0.25) is 0 Å². The highest BCUT2D eigenvalue weighted by Crippen LogP contribution is 2.20. The number of nitrogens with one attached hydrogen (secondary N) is 3. The van der Waals surface area contributed by atoms with Crippen LogP contribution in [0.5, 0.6) is 11.5 Å². The number of unbranched alkanes of at least 4 members (excludes halogenated alkanes) is 1. The summed E-state index contributed by atoms with van der Waals surface area (Å²) in [6, 6.07) is 17.5. The van der Waals surface area contributed by atoms with E-state index in [1.165, 1.54) is 18.3 Å². The van der Waals surface area contributed by atoms with Crippen molar-refractivity contribution >= 4 is 51.2 Å². The van der Waals surface area contributed by atoms with E-state index in [4.69, 9.17) is 9.47 Å². The number of halogens is 2. The van der Waals surface area contributed by atoms with Crippen molar-refractivity contribution in [2.24, 2.45) is 5.10 Å². The number of para-hydroxylation sites is 1. The van der Waals surface area contributed by atoms with Gasteiger partial charge in [0.1, 0.15) is 17.3 Å². The molecule has 3 rings (SSSR count). The van der Waals surface area contributed by atoms with Crippen LogP contribution in [0, 0.1) is 5.82 Å². The standard InChI is InChI=1S/C27H26BrFN4O5/c1-2-3-14-37-21-11-9-20(10-12-21)31-26(35)27(36)33-30-16-18-6-4-5-7-24(18)38-17-25(34)32-23-13-8-19(28)15-22(23)29/h4-13,15-16H,2-3,14,17H2,1H3,(H,31,35)(H,32,34)(H,33,36)/b30-16-. The summed E-state index contributed by atoms with van der Waals surface area (Å²) in [7, 11) is 0. The van der Waals surface area contributed by atoms with Gasteiger partial charge in [-0.05, 0) is 61.0 Å². The molecule has 3 aromatic carbocycles. The summed E-state index contributed by atoms with van der Waals surface area (Å²) in [5.41, 5.74) is 3.04. The minimum absolute atomic E-state index is 0.0221. The number of hydrogen-bond donors (Lipinski definition) is 3. The second-order valence-electron chi connectivity index (χ2n) is 7.88. The molecule has 0 saturated carbocycles. The van der Waals surface area contributed by atoms with Crippen LogP contribution >= 0.6 is 15.9 Å². The monoisotopic (exact) mass is 584 g/mol. The Morgan fingerprint density at radius 3 is 2.47 bits per heavy atom. The summed E-state index contributed by atoms with van der Waals surface area (Å²) in [5, 5.41) is 8.70. The average Bonchev–Trinajstić information content (AvgIpc) is 2.90. The third-order valence-corrected chi connectivity index (χ3v) is 5.43. The zero-order valence-electron chi connectivity index (χ0n) is 20.5. The molecule has 38 heavy (non-hydrogen) atoms. The van der Waals surface area contributed by atoms with E-state index in [2.05, 4.69) is 44.0 Å². The highest BCUT2D eigenvalue weighted by atomic mass is 79.9. The fourth-order valence-corrected chi connectivity index (χ4v) is 3.34. The molecule has 0 aromatic heterocycles. The van der Waals surface area contributed by atoms with Gasteiger partial charge in [0.15, 0.2) is 6.61 Å². The van der Waals surface area contributed by atoms with Crippen molar-refractivity contribution in [3.63, 3.8) is 0 Å². The van der Waals surface area contributed by atoms with Crippen molar-refractivity contribution in [3.8, 4) is 11.5 Å². The molecule has 0 bridgehead atoms. The van der Waals surface area contributed by atoms with Gasteiger partial charge in [-0.1, -0.05) is 41.4 Å². The van der Waals surface area contributed by atoms with E-state index in [1.807, 2.05) is 0 Å². The number of hydrogen-bond acceptors (Lipinski definition) is 6. The number of benzene rings is 3. The molecule has 0 fully saturated rings. The molecule has 3 N–H and O–H groups in total. The van der Waals surface area contributed by atoms with Gasteiger partial charge in [-0.3, -0.25) is 14.4 Å². The molecule has 0 atom stereocenters. The van der Waals surface area contributed by atoms with Crippen LogP contribution < -0.4 is 25.5 Å². The summed E-state index contributed by atoms with van der Waals surface area (Å²) in [5.74, 6) is -2.06. The SMILES string of the molecule is CCCCOc1ccc(NC(=O)C(=O)N/N=C\c2ccccc2OCC(=O)Nc2ccc(Br)cc2F)cc1. The van der Waals surface area contributed by atoms with Crippen LogP contribution in [0.4, 0.5) is 15.8 Å². The smallest absolute Gasteiger partial charge is 0.329 e. The zero-order valence-corrected chi connectivity index (χ0v) is 22.1. The largest absolute Gasteiger partial charge is 0.494 e. The first-order valence-electron chi connectivity index (χ1n) is 11.7. The Kier molecular flexibility index (Phi) is 10.8. The van der Waals surface area contributed by atoms with E-state index >= 15 is 0 Å². The van der Waals surface area contributed by atoms with Gasteiger partial charge in [0.05, 0.1) is 18.5 Å². The normalized spacial score (nSPS) is 10.6. The maximum atomic E-state index is 13.9. The van der Waals surface area contributed by atoms with Crippen molar-refractivity contribution in [2.75, 3.05) is 23.8 Å². The van der Waals surface area contributed by atoms with Crippen LogP contribution in [0.1, 0.15) is 25.3 Å². The Morgan fingerprint density at radius 2 is 1.74 bits per heavy atom. The Bertz CT molecular complexity index is 1300. The maximum absolute atomic E-state index is 13.9. The molecule has 9 nitrogen and oxygen atoms in total. The molecule has 0 saturated heterocycles. The van der Waals surface area contributed by atoms with Crippen LogP contribution in [-0.2, 0) is 14.4 Å². The van der Waals surface area contributed by atoms with E-state index < -0.39 is 30.1 Å². The van der Waals surface area contributed by atoms with Crippen molar-refractivity contribution < 1.29 is 28.2 Å². The molecule has 198 valence electrons. The predicted molar refractivity (Wildman–Crippen MR) is 146 cm³/mol. The van der Waals surface area contributed by atoms with Gasteiger partial charge in [0, 0.05) is 15.7 Å². The second kappa shape index (κ2) is 14.5. The fourth-order valence-electron chi connectivity index (χ4n) is 3.01. The van der Waals surface area contributed by atoms with E-state index in [0.29, 0.717) is 33.8 Å². The minimum Gasteiger partial charge on any atom is -0.494 e. The number of ether oxygens (including phenoxy) is 2. The number of hydrazone groups is 1. The molecule has 0 aliphatic heterocycles. The van der Waals surface area contributed by atoms with E-state index in [0.717, 1.165) is 12.8 Å². The Balaban J connectivity index is 1.49. The summed E-state index contributed by atoms with van der Waals surface area (Å²) in [6.07, 6.45) is 3.24.